The lowest BCUT2D eigenvalue weighted by Gasteiger charge is -2.37. The van der Waals surface area contributed by atoms with Crippen molar-refractivity contribution in [3.05, 3.63) is 57.6 Å². The summed E-state index contributed by atoms with van der Waals surface area (Å²) in [7, 11) is 0.180. The minimum atomic E-state index is -1.52. The van der Waals surface area contributed by atoms with Crippen molar-refractivity contribution in [1.82, 2.24) is 0 Å². The van der Waals surface area contributed by atoms with Gasteiger partial charge in [0.2, 0.25) is 0 Å². The topological polar surface area (TPSA) is 63.2 Å². The van der Waals surface area contributed by atoms with E-state index in [1.165, 1.54) is 5.56 Å². The highest BCUT2D eigenvalue weighted by molar-refractivity contribution is 7.42. The van der Waals surface area contributed by atoms with Crippen molar-refractivity contribution in [2.24, 2.45) is 5.41 Å². The van der Waals surface area contributed by atoms with Crippen LogP contribution in [-0.4, -0.2) is 32.9 Å². The van der Waals surface area contributed by atoms with Gasteiger partial charge >= 0.3 is 14.6 Å². The first-order valence-electron chi connectivity index (χ1n) is 13.8. The zero-order valence-electron chi connectivity index (χ0n) is 25.5. The van der Waals surface area contributed by atoms with Gasteiger partial charge in [0, 0.05) is 23.7 Å². The summed E-state index contributed by atoms with van der Waals surface area (Å²) in [5, 5.41) is 0. The predicted molar refractivity (Wildman–Crippen MR) is 156 cm³/mol. The molecule has 0 N–H and O–H groups in total. The Morgan fingerprint density at radius 3 is 2.03 bits per heavy atom. The molecule has 2 heterocycles. The van der Waals surface area contributed by atoms with Gasteiger partial charge < -0.3 is 23.0 Å². The van der Waals surface area contributed by atoms with E-state index in [2.05, 4.69) is 60.6 Å². The number of aryl methyl sites for hydroxylation is 2. The first-order valence-corrected chi connectivity index (χ1v) is 14.9. The Morgan fingerprint density at radius 1 is 0.949 bits per heavy atom. The van der Waals surface area contributed by atoms with E-state index >= 15 is 0 Å². The Labute approximate surface area is 235 Å². The van der Waals surface area contributed by atoms with Crippen molar-refractivity contribution in [2.75, 3.05) is 26.9 Å². The summed E-state index contributed by atoms with van der Waals surface area (Å²) in [5.41, 5.74) is 4.58. The zero-order chi connectivity index (χ0) is 29.0. The van der Waals surface area contributed by atoms with E-state index in [-0.39, 0.29) is 22.2 Å². The van der Waals surface area contributed by atoms with Crippen molar-refractivity contribution in [1.29, 1.82) is 0 Å². The average molecular weight is 557 g/mol. The van der Waals surface area contributed by atoms with Crippen LogP contribution in [0, 0.1) is 19.3 Å². The van der Waals surface area contributed by atoms with Gasteiger partial charge in [-0.1, -0.05) is 72.7 Å². The normalized spacial score (nSPS) is 25.4. The summed E-state index contributed by atoms with van der Waals surface area (Å²) in [6.07, 6.45) is 0.904. The summed E-state index contributed by atoms with van der Waals surface area (Å²) in [5.74, 6) is 1.18. The molecule has 0 aromatic heterocycles. The smallest absolute Gasteiger partial charge is 0.397 e. The molecule has 7 heteroatoms. The lowest BCUT2D eigenvalue weighted by atomic mass is 9.72. The maximum absolute atomic E-state index is 13.7. The van der Waals surface area contributed by atoms with Gasteiger partial charge in [-0.15, -0.1) is 0 Å². The molecule has 2 aliphatic heterocycles. The maximum Gasteiger partial charge on any atom is 0.397 e. The van der Waals surface area contributed by atoms with Crippen LogP contribution in [-0.2, 0) is 34.8 Å². The van der Waals surface area contributed by atoms with Gasteiger partial charge in [0.05, 0.1) is 19.8 Å². The number of esters is 1. The first kappa shape index (κ1) is 30.0. The molecular weight excluding hydrogens is 511 g/mol. The van der Waals surface area contributed by atoms with Crippen LogP contribution >= 0.6 is 8.60 Å². The van der Waals surface area contributed by atoms with Crippen LogP contribution in [0.15, 0.2) is 24.3 Å². The molecule has 39 heavy (non-hydrogen) atoms. The third-order valence-electron chi connectivity index (χ3n) is 8.26. The zero-order valence-corrected chi connectivity index (χ0v) is 26.4. The molecule has 1 atom stereocenters. The van der Waals surface area contributed by atoms with Crippen LogP contribution in [0.5, 0.6) is 11.5 Å². The fraction of sp³-hybridized carbons (Fsp3) is 0.594. The van der Waals surface area contributed by atoms with Gasteiger partial charge in [-0.2, -0.15) is 0 Å². The Kier molecular flexibility index (Phi) is 8.04. The third-order valence-corrected chi connectivity index (χ3v) is 9.27. The molecule has 1 fully saturated rings. The van der Waals surface area contributed by atoms with Gasteiger partial charge in [-0.3, -0.25) is 4.79 Å². The fourth-order valence-corrected chi connectivity index (χ4v) is 6.72. The van der Waals surface area contributed by atoms with Crippen molar-refractivity contribution in [3.63, 3.8) is 0 Å². The summed E-state index contributed by atoms with van der Waals surface area (Å²) in [6, 6.07) is 8.45. The van der Waals surface area contributed by atoms with Gasteiger partial charge in [0.25, 0.3) is 0 Å². The number of hydrogen-bond donors (Lipinski definition) is 0. The maximum atomic E-state index is 13.7. The molecule has 6 nitrogen and oxygen atoms in total. The molecule has 0 radical (unpaired) electrons. The number of fused-ring (bicyclic) bond motifs is 1. The van der Waals surface area contributed by atoms with E-state index in [0.717, 1.165) is 40.0 Å². The average Bonchev–Trinajstić information content (AvgIpc) is 3.11. The highest BCUT2D eigenvalue weighted by atomic mass is 31.2. The SMILES string of the molecule is CCC1(COC)COP(Oc2c(C)cc(C3(C)C(=O)Oc4c(C(C)(C)C)cc(C(C)(C)C)cc43)cc2C)OC1. The van der Waals surface area contributed by atoms with Crippen LogP contribution in [0.2, 0.25) is 0 Å². The molecule has 0 amide bonds. The number of ether oxygens (including phenoxy) is 2. The molecule has 4 rings (SSSR count). The number of carbonyl (C=O) groups is 1. The van der Waals surface area contributed by atoms with E-state index in [1.807, 2.05) is 32.9 Å². The molecule has 1 saturated heterocycles. The van der Waals surface area contributed by atoms with Crippen molar-refractivity contribution in [2.45, 2.75) is 91.9 Å². The van der Waals surface area contributed by atoms with Crippen molar-refractivity contribution >= 4 is 14.6 Å². The van der Waals surface area contributed by atoms with Gasteiger partial charge in [-0.05, 0) is 60.3 Å². The number of carbonyl (C=O) groups excluding carboxylic acids is 1. The lowest BCUT2D eigenvalue weighted by Crippen LogP contribution is -2.38. The second-order valence-electron chi connectivity index (χ2n) is 13.5. The summed E-state index contributed by atoms with van der Waals surface area (Å²) >= 11 is 0. The Balaban J connectivity index is 1.70. The molecule has 214 valence electrons. The van der Waals surface area contributed by atoms with Crippen molar-refractivity contribution in [3.8, 4) is 11.5 Å². The molecule has 0 spiro atoms. The van der Waals surface area contributed by atoms with E-state index in [4.69, 9.17) is 23.0 Å². The molecule has 0 saturated carbocycles. The van der Waals surface area contributed by atoms with Crippen LogP contribution < -0.4 is 9.26 Å². The summed E-state index contributed by atoms with van der Waals surface area (Å²) in [6.45, 7) is 22.9. The highest BCUT2D eigenvalue weighted by Gasteiger charge is 2.49. The number of benzene rings is 2. The Bertz CT molecular complexity index is 1220. The van der Waals surface area contributed by atoms with Crippen LogP contribution in [0.1, 0.15) is 95.2 Å². The van der Waals surface area contributed by atoms with Crippen molar-refractivity contribution < 1.29 is 27.8 Å². The second-order valence-corrected chi connectivity index (χ2v) is 14.6. The molecule has 0 bridgehead atoms. The first-order chi connectivity index (χ1) is 18.1. The quantitative estimate of drug-likeness (QED) is 0.205. The molecule has 2 aromatic rings. The van der Waals surface area contributed by atoms with Crippen LogP contribution in [0.25, 0.3) is 0 Å². The predicted octanol–water partition coefficient (Wildman–Crippen LogP) is 7.82. The Hall–Kier alpha value is -1.98. The van der Waals surface area contributed by atoms with E-state index < -0.39 is 14.0 Å². The van der Waals surface area contributed by atoms with Crippen LogP contribution in [0.3, 0.4) is 0 Å². The number of methoxy groups -OCH3 is 1. The second kappa shape index (κ2) is 10.4. The van der Waals surface area contributed by atoms with E-state index in [1.54, 1.807) is 7.11 Å². The lowest BCUT2D eigenvalue weighted by molar-refractivity contribution is -0.136. The third kappa shape index (κ3) is 5.51. The molecular formula is C32H45O6P. The highest BCUT2D eigenvalue weighted by Crippen LogP contribution is 2.53. The minimum Gasteiger partial charge on any atom is -0.426 e. The van der Waals surface area contributed by atoms with Gasteiger partial charge in [0.15, 0.2) is 0 Å². The van der Waals surface area contributed by atoms with E-state index in [0.29, 0.717) is 25.6 Å². The molecule has 0 aliphatic carbocycles. The monoisotopic (exact) mass is 556 g/mol. The summed E-state index contributed by atoms with van der Waals surface area (Å²) < 4.78 is 29.8. The summed E-state index contributed by atoms with van der Waals surface area (Å²) in [4.78, 5) is 13.7. The molecule has 2 aliphatic rings. The largest absolute Gasteiger partial charge is 0.426 e. The van der Waals surface area contributed by atoms with Crippen LogP contribution in [0.4, 0.5) is 0 Å². The van der Waals surface area contributed by atoms with E-state index in [9.17, 15) is 4.79 Å². The Morgan fingerprint density at radius 2 is 1.54 bits per heavy atom. The number of hydrogen-bond acceptors (Lipinski definition) is 6. The number of rotatable bonds is 6. The van der Waals surface area contributed by atoms with Gasteiger partial charge in [-0.25, -0.2) is 0 Å². The minimum absolute atomic E-state index is 0.0775. The fourth-order valence-electron chi connectivity index (χ4n) is 5.34. The molecule has 1 unspecified atom stereocenters. The van der Waals surface area contributed by atoms with Gasteiger partial charge in [0.1, 0.15) is 16.9 Å². The molecule has 2 aromatic carbocycles. The standard InChI is InChI=1S/C32H45O6P/c1-12-32(17-34-11)18-35-39(36-19-32)38-26-20(2)13-23(14-21(26)3)31(10)25-16-22(29(4,5)6)15-24(30(7,8)9)27(25)37-28(31)33/h13-16H,12,17-19H2,1-11H3.